The van der Waals surface area contributed by atoms with Crippen LogP contribution in [0.3, 0.4) is 0 Å². The molecule has 0 radical (unpaired) electrons. The monoisotopic (exact) mass is 291 g/mol. The van der Waals surface area contributed by atoms with Crippen LogP contribution in [0, 0.1) is 6.92 Å². The van der Waals surface area contributed by atoms with Crippen molar-refractivity contribution in [1.29, 1.82) is 0 Å². The molecular weight excluding hydrogens is 270 g/mol. The van der Waals surface area contributed by atoms with E-state index in [9.17, 15) is 0 Å². The number of hydrogen-bond acceptors (Lipinski definition) is 2. The van der Waals surface area contributed by atoms with Gasteiger partial charge in [0.1, 0.15) is 5.82 Å². The largest absolute Gasteiger partial charge is 0.322 e. The standard InChI is InChI=1S/C16H22ClN3/c1-11-6-4-8-14-15(11)20(16(18-14)12(2)17)13-7-5-9-19(3)10-13/h4,6,8,12-13H,5,7,9-10H2,1-3H3. The van der Waals surface area contributed by atoms with Crippen molar-refractivity contribution in [3.05, 3.63) is 29.6 Å². The van der Waals surface area contributed by atoms with Crippen LogP contribution in [0.15, 0.2) is 18.2 Å². The van der Waals surface area contributed by atoms with Gasteiger partial charge in [0, 0.05) is 12.6 Å². The average Bonchev–Trinajstić information content (AvgIpc) is 2.80. The molecule has 0 bridgehead atoms. The lowest BCUT2D eigenvalue weighted by Gasteiger charge is -2.32. The van der Waals surface area contributed by atoms with E-state index in [1.54, 1.807) is 0 Å². The zero-order valence-electron chi connectivity index (χ0n) is 12.4. The van der Waals surface area contributed by atoms with E-state index in [-0.39, 0.29) is 5.38 Å². The van der Waals surface area contributed by atoms with E-state index < -0.39 is 0 Å². The summed E-state index contributed by atoms with van der Waals surface area (Å²) in [6.45, 7) is 6.45. The van der Waals surface area contributed by atoms with Crippen molar-refractivity contribution in [3.8, 4) is 0 Å². The molecule has 20 heavy (non-hydrogen) atoms. The van der Waals surface area contributed by atoms with Crippen molar-refractivity contribution in [2.75, 3.05) is 20.1 Å². The number of hydrogen-bond donors (Lipinski definition) is 0. The molecule has 2 aromatic rings. The molecule has 1 aromatic heterocycles. The molecule has 0 aliphatic carbocycles. The number of halogens is 1. The Kier molecular flexibility index (Phi) is 3.74. The fourth-order valence-electron chi connectivity index (χ4n) is 3.34. The molecule has 0 amide bonds. The second-order valence-electron chi connectivity index (χ2n) is 5.96. The van der Waals surface area contributed by atoms with Crippen molar-refractivity contribution in [1.82, 2.24) is 14.5 Å². The van der Waals surface area contributed by atoms with E-state index in [1.807, 2.05) is 6.92 Å². The van der Waals surface area contributed by atoms with Crippen molar-refractivity contribution in [2.24, 2.45) is 0 Å². The van der Waals surface area contributed by atoms with Gasteiger partial charge in [-0.15, -0.1) is 11.6 Å². The lowest BCUT2D eigenvalue weighted by atomic mass is 10.0. The number of likely N-dealkylation sites (tertiary alicyclic amines) is 1. The van der Waals surface area contributed by atoms with Crippen LogP contribution in [0.2, 0.25) is 0 Å². The van der Waals surface area contributed by atoms with Crippen LogP contribution in [-0.2, 0) is 0 Å². The van der Waals surface area contributed by atoms with Gasteiger partial charge in [-0.05, 0) is 51.9 Å². The van der Waals surface area contributed by atoms with E-state index in [4.69, 9.17) is 16.6 Å². The maximum absolute atomic E-state index is 6.39. The third-order valence-corrected chi connectivity index (χ3v) is 4.45. The summed E-state index contributed by atoms with van der Waals surface area (Å²) in [6, 6.07) is 6.81. The lowest BCUT2D eigenvalue weighted by Crippen LogP contribution is -2.34. The fourth-order valence-corrected chi connectivity index (χ4v) is 3.49. The lowest BCUT2D eigenvalue weighted by molar-refractivity contribution is 0.212. The first kappa shape index (κ1) is 13.9. The van der Waals surface area contributed by atoms with Gasteiger partial charge in [0.2, 0.25) is 0 Å². The average molecular weight is 292 g/mol. The molecule has 2 unspecified atom stereocenters. The SMILES string of the molecule is Cc1cccc2nc(C(C)Cl)n(C3CCCN(C)C3)c12. The molecule has 1 fully saturated rings. The number of nitrogens with zero attached hydrogens (tertiary/aromatic N) is 3. The number of rotatable bonds is 2. The molecule has 2 heterocycles. The highest BCUT2D eigenvalue weighted by Crippen LogP contribution is 2.33. The third kappa shape index (κ3) is 2.33. The van der Waals surface area contributed by atoms with Gasteiger partial charge in [-0.3, -0.25) is 0 Å². The fraction of sp³-hybridized carbons (Fsp3) is 0.562. The van der Waals surface area contributed by atoms with Gasteiger partial charge in [0.15, 0.2) is 0 Å². The topological polar surface area (TPSA) is 21.1 Å². The van der Waals surface area contributed by atoms with Crippen LogP contribution < -0.4 is 0 Å². The predicted octanol–water partition coefficient (Wildman–Crippen LogP) is 3.91. The maximum Gasteiger partial charge on any atom is 0.128 e. The van der Waals surface area contributed by atoms with Gasteiger partial charge in [0.25, 0.3) is 0 Å². The second-order valence-corrected chi connectivity index (χ2v) is 6.61. The normalized spacial score (nSPS) is 22.3. The minimum Gasteiger partial charge on any atom is -0.322 e. The highest BCUT2D eigenvalue weighted by molar-refractivity contribution is 6.20. The highest BCUT2D eigenvalue weighted by Gasteiger charge is 2.25. The number of piperidine rings is 1. The maximum atomic E-state index is 6.39. The Morgan fingerprint density at radius 3 is 2.90 bits per heavy atom. The number of fused-ring (bicyclic) bond motifs is 1. The van der Waals surface area contributed by atoms with Gasteiger partial charge in [-0.1, -0.05) is 12.1 Å². The van der Waals surface area contributed by atoms with Crippen LogP contribution in [0.5, 0.6) is 0 Å². The predicted molar refractivity (Wildman–Crippen MR) is 84.5 cm³/mol. The molecule has 4 heteroatoms. The molecule has 0 spiro atoms. The van der Waals surface area contributed by atoms with E-state index in [1.165, 1.54) is 30.5 Å². The Bertz CT molecular complexity index is 617. The zero-order chi connectivity index (χ0) is 14.3. The summed E-state index contributed by atoms with van der Waals surface area (Å²) in [5, 5.41) is -0.0611. The van der Waals surface area contributed by atoms with Gasteiger partial charge in [0.05, 0.1) is 16.4 Å². The van der Waals surface area contributed by atoms with Crippen LogP contribution in [0.25, 0.3) is 11.0 Å². The van der Waals surface area contributed by atoms with Crippen molar-refractivity contribution in [3.63, 3.8) is 0 Å². The summed E-state index contributed by atoms with van der Waals surface area (Å²) in [7, 11) is 2.20. The minimum atomic E-state index is -0.0611. The number of alkyl halides is 1. The molecule has 3 nitrogen and oxygen atoms in total. The Morgan fingerprint density at radius 1 is 1.40 bits per heavy atom. The Balaban J connectivity index is 2.18. The van der Waals surface area contributed by atoms with Crippen molar-refractivity contribution in [2.45, 2.75) is 38.1 Å². The first-order chi connectivity index (χ1) is 9.58. The van der Waals surface area contributed by atoms with Crippen LogP contribution >= 0.6 is 11.6 Å². The number of imidazole rings is 1. The number of benzene rings is 1. The molecule has 1 aliphatic rings. The third-order valence-electron chi connectivity index (χ3n) is 4.26. The van der Waals surface area contributed by atoms with Crippen LogP contribution in [-0.4, -0.2) is 34.6 Å². The first-order valence-corrected chi connectivity index (χ1v) is 7.81. The summed E-state index contributed by atoms with van der Waals surface area (Å²) < 4.78 is 2.40. The van der Waals surface area contributed by atoms with Gasteiger partial charge in [-0.25, -0.2) is 4.98 Å². The summed E-state index contributed by atoms with van der Waals surface area (Å²) in [4.78, 5) is 7.19. The molecule has 1 aliphatic heterocycles. The van der Waals surface area contributed by atoms with Gasteiger partial charge >= 0.3 is 0 Å². The summed E-state index contributed by atoms with van der Waals surface area (Å²) >= 11 is 6.39. The number of para-hydroxylation sites is 1. The molecular formula is C16H22ClN3. The van der Waals surface area contributed by atoms with Crippen molar-refractivity contribution >= 4 is 22.6 Å². The molecule has 3 rings (SSSR count). The summed E-state index contributed by atoms with van der Waals surface area (Å²) in [6.07, 6.45) is 2.45. The Hall–Kier alpha value is -1.06. The van der Waals surface area contributed by atoms with Crippen LogP contribution in [0.4, 0.5) is 0 Å². The summed E-state index contributed by atoms with van der Waals surface area (Å²) in [5.41, 5.74) is 3.61. The van der Waals surface area contributed by atoms with E-state index in [0.717, 1.165) is 17.9 Å². The zero-order valence-corrected chi connectivity index (χ0v) is 13.2. The number of likely N-dealkylation sites (N-methyl/N-ethyl adjacent to an activating group) is 1. The van der Waals surface area contributed by atoms with Crippen LogP contribution in [0.1, 0.15) is 42.6 Å². The molecule has 2 atom stereocenters. The highest BCUT2D eigenvalue weighted by atomic mass is 35.5. The molecule has 1 aromatic carbocycles. The van der Waals surface area contributed by atoms with Crippen molar-refractivity contribution < 1.29 is 0 Å². The number of aryl methyl sites for hydroxylation is 1. The molecule has 1 saturated heterocycles. The van der Waals surface area contributed by atoms with E-state index in [0.29, 0.717) is 6.04 Å². The first-order valence-electron chi connectivity index (χ1n) is 7.38. The molecule has 108 valence electrons. The Labute approximate surface area is 125 Å². The van der Waals surface area contributed by atoms with Gasteiger partial charge < -0.3 is 9.47 Å². The van der Waals surface area contributed by atoms with Gasteiger partial charge in [-0.2, -0.15) is 0 Å². The van der Waals surface area contributed by atoms with E-state index >= 15 is 0 Å². The van der Waals surface area contributed by atoms with E-state index in [2.05, 4.69) is 41.6 Å². The number of aromatic nitrogens is 2. The summed E-state index contributed by atoms with van der Waals surface area (Å²) in [5.74, 6) is 1.01. The minimum absolute atomic E-state index is 0.0611. The quantitative estimate of drug-likeness (QED) is 0.782. The second kappa shape index (κ2) is 5.38. The molecule has 0 N–H and O–H groups in total. The Morgan fingerprint density at radius 2 is 2.20 bits per heavy atom. The molecule has 0 saturated carbocycles. The smallest absolute Gasteiger partial charge is 0.128 e.